The number of carbonyl (C=O) groups excluding carboxylic acids is 2. The highest BCUT2D eigenvalue weighted by atomic mass is 19.1. The lowest BCUT2D eigenvalue weighted by molar-refractivity contribution is -0.147. The van der Waals surface area contributed by atoms with Gasteiger partial charge in [0, 0.05) is 29.4 Å². The van der Waals surface area contributed by atoms with Crippen molar-refractivity contribution in [1.29, 1.82) is 0 Å². The maximum Gasteiger partial charge on any atom is 0.335 e. The predicted molar refractivity (Wildman–Crippen MR) is 234 cm³/mol. The van der Waals surface area contributed by atoms with Crippen LogP contribution in [0.15, 0.2) is 144 Å². The summed E-state index contributed by atoms with van der Waals surface area (Å²) in [4.78, 5) is 63.9. The molecule has 1 amide bonds. The number of rotatable bonds is 13. The molecule has 0 saturated carbocycles. The molecule has 63 heavy (non-hydrogen) atoms. The fourth-order valence-corrected chi connectivity index (χ4v) is 6.10. The second-order valence-corrected chi connectivity index (χ2v) is 13.6. The molecule has 2 heterocycles. The Morgan fingerprint density at radius 2 is 1.40 bits per heavy atom. The molecule has 4 N–H and O–H groups in total. The van der Waals surface area contributed by atoms with Crippen LogP contribution in [0.5, 0.6) is 17.2 Å². The molecule has 0 saturated heterocycles. The van der Waals surface area contributed by atoms with E-state index in [0.717, 1.165) is 6.07 Å². The Balaban J connectivity index is 0.000000341. The Labute approximate surface area is 360 Å². The number of aromatic nitrogens is 3. The van der Waals surface area contributed by atoms with E-state index >= 15 is 4.39 Å². The molecule has 0 aliphatic carbocycles. The molecule has 0 aliphatic heterocycles. The van der Waals surface area contributed by atoms with Crippen molar-refractivity contribution in [1.82, 2.24) is 19.7 Å². The van der Waals surface area contributed by atoms with E-state index in [9.17, 15) is 24.0 Å². The second kappa shape index (κ2) is 21.9. The summed E-state index contributed by atoms with van der Waals surface area (Å²) >= 11 is 0. The van der Waals surface area contributed by atoms with Gasteiger partial charge in [0.2, 0.25) is 0 Å². The molecular weight excluding hydrogens is 814 g/mol. The molecule has 15 nitrogen and oxygen atoms in total. The number of halogens is 1. The smallest absolute Gasteiger partial charge is 0.335 e. The Hall–Kier alpha value is -8.11. The van der Waals surface area contributed by atoms with Gasteiger partial charge in [0.25, 0.3) is 11.5 Å². The molecule has 1 atom stereocenters. The third-order valence-electron chi connectivity index (χ3n) is 9.07. The maximum absolute atomic E-state index is 15.2. The van der Waals surface area contributed by atoms with Crippen LogP contribution in [0.2, 0.25) is 0 Å². The number of benzene rings is 5. The maximum atomic E-state index is 15.2. The fourth-order valence-electron chi connectivity index (χ4n) is 6.10. The lowest BCUT2D eigenvalue weighted by Gasteiger charge is -2.18. The molecular formula is C47H44FN5O10. The van der Waals surface area contributed by atoms with Gasteiger partial charge in [0.15, 0.2) is 11.6 Å². The summed E-state index contributed by atoms with van der Waals surface area (Å²) in [5.41, 5.74) is 1.56. The number of amides is 1. The molecule has 324 valence electrons. The topological polar surface area (TPSA) is 200 Å². The first kappa shape index (κ1) is 46.0. The van der Waals surface area contributed by atoms with Crippen molar-refractivity contribution in [2.24, 2.45) is 0 Å². The number of ether oxygens (including phenoxy) is 3. The van der Waals surface area contributed by atoms with Crippen LogP contribution in [0.3, 0.4) is 0 Å². The Bertz CT molecular complexity index is 2690. The van der Waals surface area contributed by atoms with Crippen molar-refractivity contribution in [2.75, 3.05) is 26.0 Å². The van der Waals surface area contributed by atoms with Gasteiger partial charge >= 0.3 is 17.9 Å². The number of aromatic carboxylic acids is 2. The Kier molecular flexibility index (Phi) is 16.0. The van der Waals surface area contributed by atoms with Crippen LogP contribution in [-0.4, -0.2) is 75.2 Å². The largest absolute Gasteiger partial charge is 0.497 e. The second-order valence-electron chi connectivity index (χ2n) is 13.6. The first-order valence-electron chi connectivity index (χ1n) is 19.3. The first-order valence-corrected chi connectivity index (χ1v) is 19.3. The van der Waals surface area contributed by atoms with Crippen LogP contribution in [0.25, 0.3) is 16.6 Å². The van der Waals surface area contributed by atoms with Crippen LogP contribution < -0.4 is 25.7 Å². The number of carboxylic acid groups (broad SMARTS) is 2. The summed E-state index contributed by atoms with van der Waals surface area (Å²) in [6, 6.07) is 36.3. The number of likely N-dealkylation sites (N-methyl/N-ethyl adjacent to an activating group) is 1. The van der Waals surface area contributed by atoms with Crippen LogP contribution in [-0.2, 0) is 16.1 Å². The van der Waals surface area contributed by atoms with Crippen LogP contribution in [0.4, 0.5) is 10.1 Å². The average Bonchev–Trinajstić information content (AvgIpc) is 3.53. The minimum atomic E-state index is -0.879. The van der Waals surface area contributed by atoms with Gasteiger partial charge in [-0.15, -0.1) is 0 Å². The minimum absolute atomic E-state index is 0.0307. The third-order valence-corrected chi connectivity index (χ3v) is 9.07. The zero-order valence-corrected chi connectivity index (χ0v) is 34.7. The highest BCUT2D eigenvalue weighted by molar-refractivity contribution is 6.05. The number of anilines is 1. The van der Waals surface area contributed by atoms with Gasteiger partial charge in [-0.05, 0) is 87.6 Å². The molecule has 0 spiro atoms. The van der Waals surface area contributed by atoms with Gasteiger partial charge in [0.05, 0.1) is 48.2 Å². The number of carbonyl (C=O) groups is 4. The zero-order valence-electron chi connectivity index (χ0n) is 34.7. The number of methoxy groups -OCH3 is 1. The van der Waals surface area contributed by atoms with E-state index in [1.165, 1.54) is 16.8 Å². The number of para-hydroxylation sites is 1. The van der Waals surface area contributed by atoms with Crippen molar-refractivity contribution in [3.05, 3.63) is 178 Å². The minimum Gasteiger partial charge on any atom is -0.497 e. The summed E-state index contributed by atoms with van der Waals surface area (Å²) in [7, 11) is 3.19. The van der Waals surface area contributed by atoms with Crippen LogP contribution in [0.1, 0.15) is 43.7 Å². The molecule has 5 aromatic carbocycles. The lowest BCUT2D eigenvalue weighted by atomic mass is 10.2. The van der Waals surface area contributed by atoms with E-state index in [1.54, 1.807) is 154 Å². The highest BCUT2D eigenvalue weighted by Gasteiger charge is 2.26. The van der Waals surface area contributed by atoms with Gasteiger partial charge in [0.1, 0.15) is 23.2 Å². The van der Waals surface area contributed by atoms with Crippen molar-refractivity contribution in [2.45, 2.75) is 26.5 Å². The van der Waals surface area contributed by atoms with E-state index in [1.807, 2.05) is 0 Å². The van der Waals surface area contributed by atoms with E-state index in [0.29, 0.717) is 44.9 Å². The van der Waals surface area contributed by atoms with Crippen molar-refractivity contribution < 1.29 is 48.0 Å². The quantitative estimate of drug-likeness (QED) is 0.0829. The summed E-state index contributed by atoms with van der Waals surface area (Å²) in [6.07, 6.45) is 0.941. The zero-order chi connectivity index (χ0) is 45.5. The Morgan fingerprint density at radius 1 is 0.794 bits per heavy atom. The van der Waals surface area contributed by atoms with Crippen LogP contribution in [0, 0.1) is 12.7 Å². The molecule has 0 bridgehead atoms. The number of carboxylic acids is 2. The summed E-state index contributed by atoms with van der Waals surface area (Å²) in [5, 5.41) is 22.8. The van der Waals surface area contributed by atoms with E-state index in [-0.39, 0.29) is 30.1 Å². The van der Waals surface area contributed by atoms with Gasteiger partial charge in [-0.1, -0.05) is 54.6 Å². The van der Waals surface area contributed by atoms with E-state index in [4.69, 9.17) is 24.4 Å². The SMILES string of the molecule is CNCC(=O)O[C@H](C)Cn1c(C)c(C(=O)Nc2ccc(Oc3ccnc4cc(OC)ccc34)c(F)c2)c(=O)n1-c1ccccc1.O=C(O)c1ccccc1.O=C(O)c1ccccc1. The van der Waals surface area contributed by atoms with Gasteiger partial charge < -0.3 is 35.1 Å². The van der Waals surface area contributed by atoms with Crippen molar-refractivity contribution in [3.63, 3.8) is 0 Å². The Morgan fingerprint density at radius 3 is 1.94 bits per heavy atom. The molecule has 2 aromatic heterocycles. The predicted octanol–water partition coefficient (Wildman–Crippen LogP) is 7.61. The summed E-state index contributed by atoms with van der Waals surface area (Å²) < 4.78 is 34.7. The molecule has 7 aromatic rings. The van der Waals surface area contributed by atoms with Gasteiger partial charge in [-0.2, -0.15) is 0 Å². The van der Waals surface area contributed by atoms with E-state index in [2.05, 4.69) is 15.6 Å². The molecule has 0 fully saturated rings. The fraction of sp³-hybridized carbons (Fsp3) is 0.149. The number of nitrogens with zero attached hydrogens (tertiary/aromatic N) is 3. The summed E-state index contributed by atoms with van der Waals surface area (Å²) in [5.74, 6) is -2.70. The van der Waals surface area contributed by atoms with Crippen molar-refractivity contribution >= 4 is 40.4 Å². The average molecular weight is 858 g/mol. The number of hydrogen-bond donors (Lipinski definition) is 4. The third kappa shape index (κ3) is 12.2. The van der Waals surface area contributed by atoms with Crippen LogP contribution >= 0.6 is 0 Å². The number of esters is 1. The summed E-state index contributed by atoms with van der Waals surface area (Å²) in [6.45, 7) is 3.47. The van der Waals surface area contributed by atoms with Gasteiger partial charge in [-0.3, -0.25) is 24.0 Å². The molecule has 0 radical (unpaired) electrons. The number of fused-ring (bicyclic) bond motifs is 1. The molecule has 0 aliphatic rings. The number of hydrogen-bond acceptors (Lipinski definition) is 10. The van der Waals surface area contributed by atoms with Crippen molar-refractivity contribution in [3.8, 4) is 22.9 Å². The number of pyridine rings is 1. The normalized spacial score (nSPS) is 10.9. The monoisotopic (exact) mass is 857 g/mol. The van der Waals surface area contributed by atoms with Gasteiger partial charge in [-0.25, -0.2) is 18.7 Å². The lowest BCUT2D eigenvalue weighted by Crippen LogP contribution is -2.30. The highest BCUT2D eigenvalue weighted by Crippen LogP contribution is 2.33. The standard InChI is InChI=1S/C33H32FN5O6.2C7H6O2/c1-20(44-30(40)18-35-3)19-38-21(2)31(33(42)39(38)23-8-6-5-7-9-23)32(41)37-22-10-13-29(26(34)16-22)45-28-14-15-36-27-17-24(43-4)11-12-25(27)28;2*8-7(9)6-4-2-1-3-5-6/h5-17,20,35H,18-19H2,1-4H3,(H,37,41);2*1-5H,(H,8,9)/t20-;;/m1../s1. The first-order chi connectivity index (χ1) is 30.3. The number of nitrogens with one attached hydrogen (secondary N) is 2. The van der Waals surface area contributed by atoms with E-state index < -0.39 is 41.3 Å². The molecule has 0 unspecified atom stereocenters. The molecule has 7 rings (SSSR count). The molecule has 16 heteroatoms.